The maximum Gasteiger partial charge on any atom is 0.326 e. The Morgan fingerprint density at radius 3 is 3.05 bits per heavy atom. The molecule has 4 nitrogen and oxygen atoms in total. The normalized spacial score (nSPS) is 25.9. The number of likely N-dealkylation sites (N-methyl/N-ethyl adjacent to an activating group) is 1. The summed E-state index contributed by atoms with van der Waals surface area (Å²) >= 11 is 3.48. The van der Waals surface area contributed by atoms with Crippen molar-refractivity contribution in [2.45, 2.75) is 55.2 Å². The van der Waals surface area contributed by atoms with Crippen LogP contribution in [0.25, 0.3) is 0 Å². The Balaban J connectivity index is 2.01. The Bertz CT molecular complexity index is 464. The minimum absolute atomic E-state index is 0.0970. The molecule has 1 heterocycles. The van der Waals surface area contributed by atoms with Crippen LogP contribution in [-0.2, 0) is 9.53 Å². The first-order valence-corrected chi connectivity index (χ1v) is 8.86. The molecule has 0 bridgehead atoms. The van der Waals surface area contributed by atoms with Gasteiger partial charge in [0, 0.05) is 16.3 Å². The molecule has 0 amide bonds. The van der Waals surface area contributed by atoms with Crippen LogP contribution < -0.4 is 5.32 Å². The number of thiazole rings is 1. The molecule has 0 aromatic carbocycles. The van der Waals surface area contributed by atoms with Crippen molar-refractivity contribution in [3.8, 4) is 0 Å². The Hall–Kier alpha value is -0.590. The van der Waals surface area contributed by atoms with Gasteiger partial charge >= 0.3 is 5.97 Å². The van der Waals surface area contributed by atoms with E-state index in [-0.39, 0.29) is 5.97 Å². The van der Waals surface area contributed by atoms with Crippen LogP contribution >= 0.6 is 23.1 Å². The van der Waals surface area contributed by atoms with Gasteiger partial charge in [-0.15, -0.1) is 11.3 Å². The number of rotatable bonds is 6. The van der Waals surface area contributed by atoms with Gasteiger partial charge in [0.05, 0.1) is 6.61 Å². The van der Waals surface area contributed by atoms with Crippen LogP contribution in [0.15, 0.2) is 9.72 Å². The fourth-order valence-corrected chi connectivity index (χ4v) is 5.04. The monoisotopic (exact) mass is 314 g/mol. The van der Waals surface area contributed by atoms with Crippen LogP contribution in [0.2, 0.25) is 0 Å². The molecule has 0 radical (unpaired) electrons. The van der Waals surface area contributed by atoms with Gasteiger partial charge in [0.2, 0.25) is 0 Å². The number of aryl methyl sites for hydroxylation is 1. The fourth-order valence-electron chi connectivity index (χ4n) is 2.66. The highest BCUT2D eigenvalue weighted by Gasteiger charge is 2.46. The molecule has 6 heteroatoms. The van der Waals surface area contributed by atoms with Gasteiger partial charge in [0.25, 0.3) is 0 Å². The van der Waals surface area contributed by atoms with Crippen molar-refractivity contribution in [3.63, 3.8) is 0 Å². The van der Waals surface area contributed by atoms with E-state index in [0.29, 0.717) is 11.9 Å². The summed E-state index contributed by atoms with van der Waals surface area (Å²) in [7, 11) is 0. The van der Waals surface area contributed by atoms with Gasteiger partial charge in [-0.2, -0.15) is 0 Å². The van der Waals surface area contributed by atoms with E-state index in [4.69, 9.17) is 4.74 Å². The van der Waals surface area contributed by atoms with Crippen molar-refractivity contribution >= 4 is 29.1 Å². The lowest BCUT2D eigenvalue weighted by molar-refractivity contribution is -0.151. The molecule has 1 saturated carbocycles. The number of hydrogen-bond acceptors (Lipinski definition) is 6. The van der Waals surface area contributed by atoms with Crippen molar-refractivity contribution in [1.82, 2.24) is 10.3 Å². The lowest BCUT2D eigenvalue weighted by atomic mass is 9.98. The topological polar surface area (TPSA) is 51.2 Å². The molecule has 20 heavy (non-hydrogen) atoms. The number of nitrogens with one attached hydrogen (secondary N) is 1. The molecule has 1 aromatic heterocycles. The van der Waals surface area contributed by atoms with Crippen molar-refractivity contribution in [2.75, 3.05) is 13.2 Å². The second-order valence-corrected chi connectivity index (χ2v) is 7.48. The first kappa shape index (κ1) is 15.8. The van der Waals surface area contributed by atoms with E-state index in [0.717, 1.165) is 35.8 Å². The van der Waals surface area contributed by atoms with Crippen LogP contribution in [0.3, 0.4) is 0 Å². The van der Waals surface area contributed by atoms with Gasteiger partial charge in [-0.1, -0.05) is 18.7 Å². The fraction of sp³-hybridized carbons (Fsp3) is 0.714. The van der Waals surface area contributed by atoms with Crippen molar-refractivity contribution in [1.29, 1.82) is 0 Å². The maximum atomic E-state index is 12.3. The number of nitrogens with zero attached hydrogens (tertiary/aromatic N) is 1. The number of thioether (sulfide) groups is 1. The smallest absolute Gasteiger partial charge is 0.326 e. The van der Waals surface area contributed by atoms with Crippen molar-refractivity contribution in [2.24, 2.45) is 0 Å². The first-order chi connectivity index (χ1) is 9.59. The highest BCUT2D eigenvalue weighted by atomic mass is 32.2. The summed E-state index contributed by atoms with van der Waals surface area (Å²) < 4.78 is 6.36. The molecule has 1 aromatic rings. The average Bonchev–Trinajstić information content (AvgIpc) is 2.99. The highest BCUT2D eigenvalue weighted by Crippen LogP contribution is 2.41. The number of aromatic nitrogens is 1. The summed E-state index contributed by atoms with van der Waals surface area (Å²) in [6, 6.07) is 0. The zero-order valence-corrected chi connectivity index (χ0v) is 13.9. The van der Waals surface area contributed by atoms with Crippen LogP contribution in [0, 0.1) is 6.92 Å². The Labute approximate surface area is 128 Å². The molecule has 1 aliphatic carbocycles. The third kappa shape index (κ3) is 3.54. The van der Waals surface area contributed by atoms with E-state index < -0.39 is 5.54 Å². The Morgan fingerprint density at radius 1 is 1.65 bits per heavy atom. The summed E-state index contributed by atoms with van der Waals surface area (Å²) in [5.41, 5.74) is 0.577. The van der Waals surface area contributed by atoms with Crippen LogP contribution in [0.1, 0.15) is 38.8 Å². The first-order valence-electron chi connectivity index (χ1n) is 7.10. The van der Waals surface area contributed by atoms with E-state index in [9.17, 15) is 4.79 Å². The second-order valence-electron chi connectivity index (χ2n) is 5.07. The van der Waals surface area contributed by atoms with Gasteiger partial charge in [-0.3, -0.25) is 4.79 Å². The number of carbonyl (C=O) groups excluding carboxylic acids is 1. The number of carbonyl (C=O) groups is 1. The molecule has 0 saturated heterocycles. The van der Waals surface area contributed by atoms with E-state index >= 15 is 0 Å². The van der Waals surface area contributed by atoms with Crippen LogP contribution in [-0.4, -0.2) is 34.9 Å². The second kappa shape index (κ2) is 6.91. The molecule has 1 aliphatic rings. The molecule has 0 spiro atoms. The minimum atomic E-state index is -0.491. The number of ether oxygens (including phenoxy) is 1. The summed E-state index contributed by atoms with van der Waals surface area (Å²) in [5.74, 6) is -0.0970. The van der Waals surface area contributed by atoms with E-state index in [1.807, 2.05) is 20.8 Å². The lowest BCUT2D eigenvalue weighted by Crippen LogP contribution is -2.51. The third-order valence-electron chi connectivity index (χ3n) is 3.52. The Morgan fingerprint density at radius 2 is 2.45 bits per heavy atom. The largest absolute Gasteiger partial charge is 0.465 e. The molecule has 2 unspecified atom stereocenters. The van der Waals surface area contributed by atoms with Gasteiger partial charge in [-0.05, 0) is 39.7 Å². The van der Waals surface area contributed by atoms with E-state index in [1.165, 1.54) is 0 Å². The van der Waals surface area contributed by atoms with Gasteiger partial charge in [0.15, 0.2) is 0 Å². The van der Waals surface area contributed by atoms with Crippen molar-refractivity contribution in [3.05, 3.63) is 11.1 Å². The molecule has 0 aliphatic heterocycles. The van der Waals surface area contributed by atoms with Crippen molar-refractivity contribution < 1.29 is 9.53 Å². The highest BCUT2D eigenvalue weighted by molar-refractivity contribution is 8.01. The quantitative estimate of drug-likeness (QED) is 0.818. The summed E-state index contributed by atoms with van der Waals surface area (Å²) in [5, 5.41) is 5.86. The van der Waals surface area contributed by atoms with Crippen LogP contribution in [0.4, 0.5) is 0 Å². The molecular formula is C14H22N2O2S2. The average molecular weight is 314 g/mol. The molecule has 1 fully saturated rings. The number of hydrogen-bond donors (Lipinski definition) is 1. The van der Waals surface area contributed by atoms with Crippen LogP contribution in [0.5, 0.6) is 0 Å². The number of esters is 1. The molecule has 112 valence electrons. The maximum absolute atomic E-state index is 12.3. The summed E-state index contributed by atoms with van der Waals surface area (Å²) in [4.78, 5) is 16.7. The lowest BCUT2D eigenvalue weighted by Gasteiger charge is -2.27. The predicted octanol–water partition coefficient (Wildman–Crippen LogP) is 3.01. The summed E-state index contributed by atoms with van der Waals surface area (Å²) in [6.07, 6.45) is 2.69. The molecule has 2 rings (SSSR count). The zero-order valence-electron chi connectivity index (χ0n) is 12.3. The minimum Gasteiger partial charge on any atom is -0.465 e. The van der Waals surface area contributed by atoms with Gasteiger partial charge < -0.3 is 10.1 Å². The van der Waals surface area contributed by atoms with E-state index in [2.05, 4.69) is 15.7 Å². The van der Waals surface area contributed by atoms with Gasteiger partial charge in [0.1, 0.15) is 9.88 Å². The SMILES string of the molecule is CCNC1(C(=O)OCC)CCC(Sc2nc(C)cs2)C1. The van der Waals surface area contributed by atoms with Gasteiger partial charge in [-0.25, -0.2) is 4.98 Å². The molecule has 2 atom stereocenters. The molecule has 1 N–H and O–H groups in total. The Kier molecular flexibility index (Phi) is 5.46. The summed E-state index contributed by atoms with van der Waals surface area (Å²) in [6.45, 7) is 7.13. The third-order valence-corrected chi connectivity index (χ3v) is 5.87. The molecular weight excluding hydrogens is 292 g/mol. The van der Waals surface area contributed by atoms with E-state index in [1.54, 1.807) is 23.1 Å². The predicted molar refractivity (Wildman–Crippen MR) is 83.4 cm³/mol. The zero-order chi connectivity index (χ0) is 14.6. The standard InChI is InChI=1S/C14H22N2O2S2/c1-4-15-14(12(17)18-5-2)7-6-11(8-14)20-13-16-10(3)9-19-13/h9,11,15H,4-8H2,1-3H3.